The Morgan fingerprint density at radius 3 is 0.741 bits per heavy atom. The highest BCUT2D eigenvalue weighted by molar-refractivity contribution is 5.12. The van der Waals surface area contributed by atoms with Gasteiger partial charge in [0.1, 0.15) is 5.82 Å². The molecule has 2 heteroatoms. The highest BCUT2D eigenvalue weighted by Gasteiger charge is 2.06. The van der Waals surface area contributed by atoms with E-state index in [1.165, 1.54) is 268 Å². The maximum Gasteiger partial charge on any atom is 0.128 e. The molecule has 0 bridgehead atoms. The van der Waals surface area contributed by atoms with Crippen LogP contribution in [0.25, 0.3) is 0 Å². The summed E-state index contributed by atoms with van der Waals surface area (Å²) in [5.74, 6) is 1.08. The molecule has 0 aliphatic rings. The van der Waals surface area contributed by atoms with Crippen LogP contribution >= 0.6 is 0 Å². The molecule has 0 saturated carbocycles. The molecule has 0 spiro atoms. The highest BCUT2D eigenvalue weighted by atomic mass is 14.9. The third kappa shape index (κ3) is 36.7. The van der Waals surface area contributed by atoms with Gasteiger partial charge in [-0.1, -0.05) is 271 Å². The first-order chi connectivity index (χ1) is 26.8. The van der Waals surface area contributed by atoms with Crippen LogP contribution in [0.15, 0.2) is 6.07 Å². The molecular weight excluding hydrogens is 653 g/mol. The summed E-state index contributed by atoms with van der Waals surface area (Å²) in [6.07, 6.45) is 62.8. The molecule has 0 fully saturated rings. The summed E-state index contributed by atoms with van der Waals surface area (Å²) < 4.78 is 0. The van der Waals surface area contributed by atoms with Gasteiger partial charge in [-0.15, -0.1) is 0 Å². The summed E-state index contributed by atoms with van der Waals surface area (Å²) in [5.41, 5.74) is 2.60. The Morgan fingerprint density at radius 1 is 0.296 bits per heavy atom. The van der Waals surface area contributed by atoms with Gasteiger partial charge in [-0.3, -0.25) is 0 Å². The quantitative estimate of drug-likeness (QED) is 0.0620. The first kappa shape index (κ1) is 51.1. The Labute approximate surface area is 341 Å². The Hall–Kier alpha value is -0.920. The lowest BCUT2D eigenvalue weighted by atomic mass is 10.0. The molecule has 0 unspecified atom stereocenters. The van der Waals surface area contributed by atoms with E-state index >= 15 is 0 Å². The fourth-order valence-electron chi connectivity index (χ4n) is 8.39. The second kappa shape index (κ2) is 43.2. The second-order valence-corrected chi connectivity index (χ2v) is 17.7. The van der Waals surface area contributed by atoms with Crippen LogP contribution in [-0.4, -0.2) is 9.97 Å². The number of nitrogens with zero attached hydrogens (tertiary/aromatic N) is 2. The van der Waals surface area contributed by atoms with Crippen LogP contribution in [0.3, 0.4) is 0 Å². The van der Waals surface area contributed by atoms with Crippen LogP contribution in [-0.2, 0) is 19.3 Å². The molecule has 0 amide bonds. The Morgan fingerprint density at radius 2 is 0.519 bits per heavy atom. The number of hydrogen-bond donors (Lipinski definition) is 0. The van der Waals surface area contributed by atoms with E-state index in [4.69, 9.17) is 9.97 Å². The van der Waals surface area contributed by atoms with Crippen LogP contribution in [0.2, 0.25) is 0 Å². The molecule has 0 aliphatic carbocycles. The van der Waals surface area contributed by atoms with E-state index in [-0.39, 0.29) is 0 Å². The molecule has 2 nitrogen and oxygen atoms in total. The van der Waals surface area contributed by atoms with Gasteiger partial charge in [0.2, 0.25) is 0 Å². The molecule has 0 aliphatic heterocycles. The lowest BCUT2D eigenvalue weighted by Gasteiger charge is -2.09. The van der Waals surface area contributed by atoms with Gasteiger partial charge in [-0.25, -0.2) is 9.97 Å². The zero-order chi connectivity index (χ0) is 38.7. The topological polar surface area (TPSA) is 25.8 Å². The Bertz CT molecular complexity index is 787. The minimum absolute atomic E-state index is 0.974. The van der Waals surface area contributed by atoms with Crippen molar-refractivity contribution < 1.29 is 0 Å². The van der Waals surface area contributed by atoms with E-state index in [1.54, 1.807) is 0 Å². The van der Waals surface area contributed by atoms with Gasteiger partial charge in [0, 0.05) is 17.8 Å². The fraction of sp³-hybridized carbons (Fsp3) is 0.904. The van der Waals surface area contributed by atoms with Crippen LogP contribution < -0.4 is 0 Å². The van der Waals surface area contributed by atoms with Gasteiger partial charge in [0.15, 0.2) is 0 Å². The standard InChI is InChI=1S/C52H99N2/c1-4-7-10-12-14-16-18-20-22-24-26-28-30-32-34-36-38-40-42-44-46-50-49-51(54-52(53-50)48-9-6-3)47-45-43-41-39-37-35-33-31-29-27-25-23-21-19-17-15-13-11-8-5-2/h49H,3-48H2,1-2H3. The first-order valence-corrected chi connectivity index (χ1v) is 25.4. The summed E-state index contributed by atoms with van der Waals surface area (Å²) in [6, 6.07) is 2.35. The molecule has 1 radical (unpaired) electrons. The average Bonchev–Trinajstić information content (AvgIpc) is 3.18. The number of hydrogen-bond acceptors (Lipinski definition) is 2. The molecule has 0 atom stereocenters. The predicted molar refractivity (Wildman–Crippen MR) is 244 cm³/mol. The number of aryl methyl sites for hydroxylation is 3. The zero-order valence-corrected chi connectivity index (χ0v) is 37.5. The number of unbranched alkanes of at least 4 members (excludes halogenated alkanes) is 39. The van der Waals surface area contributed by atoms with Crippen LogP contribution in [0.4, 0.5) is 0 Å². The van der Waals surface area contributed by atoms with Crippen molar-refractivity contribution in [2.24, 2.45) is 0 Å². The van der Waals surface area contributed by atoms with Crippen LogP contribution in [0.1, 0.15) is 301 Å². The van der Waals surface area contributed by atoms with E-state index in [2.05, 4.69) is 26.8 Å². The zero-order valence-electron chi connectivity index (χ0n) is 37.5. The molecule has 1 aromatic rings. The summed E-state index contributed by atoms with van der Waals surface area (Å²) in [6.45, 7) is 8.67. The minimum Gasteiger partial charge on any atom is -0.238 e. The number of rotatable bonds is 45. The maximum atomic E-state index is 4.99. The van der Waals surface area contributed by atoms with Gasteiger partial charge in [0.05, 0.1) is 0 Å². The van der Waals surface area contributed by atoms with E-state index < -0.39 is 0 Å². The minimum atomic E-state index is 0.974. The van der Waals surface area contributed by atoms with Crippen molar-refractivity contribution in [1.82, 2.24) is 9.97 Å². The normalized spacial score (nSPS) is 11.6. The Kier molecular flexibility index (Phi) is 40.9. The molecule has 0 N–H and O–H groups in total. The Balaban J connectivity index is 1.99. The van der Waals surface area contributed by atoms with E-state index in [9.17, 15) is 0 Å². The van der Waals surface area contributed by atoms with Gasteiger partial charge in [-0.2, -0.15) is 0 Å². The fourth-order valence-corrected chi connectivity index (χ4v) is 8.39. The molecule has 1 aromatic heterocycles. The lowest BCUT2D eigenvalue weighted by molar-refractivity contribution is 0.521. The SMILES string of the molecule is [CH2]CCCc1nc(CCCCCCCCCCCCCCCCCCCCCC)cc(CCCCCCCCCCCCCCCCCCCCCC)n1. The third-order valence-corrected chi connectivity index (χ3v) is 12.1. The molecular formula is C52H99N2. The molecule has 54 heavy (non-hydrogen) atoms. The summed E-state index contributed by atoms with van der Waals surface area (Å²) in [7, 11) is 0. The van der Waals surface area contributed by atoms with Crippen LogP contribution in [0, 0.1) is 6.92 Å². The molecule has 1 rings (SSSR count). The van der Waals surface area contributed by atoms with Crippen molar-refractivity contribution in [2.75, 3.05) is 0 Å². The second-order valence-electron chi connectivity index (χ2n) is 17.7. The largest absolute Gasteiger partial charge is 0.238 e. The summed E-state index contributed by atoms with van der Waals surface area (Å²) in [5, 5.41) is 0. The van der Waals surface area contributed by atoms with Crippen LogP contribution in [0.5, 0.6) is 0 Å². The molecule has 1 heterocycles. The van der Waals surface area contributed by atoms with Crippen molar-refractivity contribution in [2.45, 2.75) is 303 Å². The smallest absolute Gasteiger partial charge is 0.128 e. The monoisotopic (exact) mass is 752 g/mol. The van der Waals surface area contributed by atoms with Crippen molar-refractivity contribution in [3.8, 4) is 0 Å². The van der Waals surface area contributed by atoms with Gasteiger partial charge >= 0.3 is 0 Å². The van der Waals surface area contributed by atoms with Gasteiger partial charge in [-0.05, 0) is 38.2 Å². The molecule has 0 aromatic carbocycles. The van der Waals surface area contributed by atoms with Gasteiger partial charge < -0.3 is 0 Å². The van der Waals surface area contributed by atoms with E-state index in [1.807, 2.05) is 0 Å². The van der Waals surface area contributed by atoms with Crippen molar-refractivity contribution in [3.05, 3.63) is 30.2 Å². The van der Waals surface area contributed by atoms with Crippen molar-refractivity contribution in [3.63, 3.8) is 0 Å². The number of aromatic nitrogens is 2. The van der Waals surface area contributed by atoms with E-state index in [0.717, 1.165) is 37.9 Å². The summed E-state index contributed by atoms with van der Waals surface area (Å²) in [4.78, 5) is 9.97. The van der Waals surface area contributed by atoms with Gasteiger partial charge in [0.25, 0.3) is 0 Å². The molecule has 317 valence electrons. The third-order valence-electron chi connectivity index (χ3n) is 12.1. The summed E-state index contributed by atoms with van der Waals surface area (Å²) >= 11 is 0. The predicted octanol–water partition coefficient (Wildman–Crippen LogP) is 18.4. The first-order valence-electron chi connectivity index (χ1n) is 25.4. The van der Waals surface area contributed by atoms with Crippen molar-refractivity contribution in [1.29, 1.82) is 0 Å². The maximum absolute atomic E-state index is 4.99. The lowest BCUT2D eigenvalue weighted by Crippen LogP contribution is -2.04. The van der Waals surface area contributed by atoms with Crippen molar-refractivity contribution >= 4 is 0 Å². The average molecular weight is 752 g/mol. The molecule has 0 saturated heterocycles. The highest BCUT2D eigenvalue weighted by Crippen LogP contribution is 2.18. The van der Waals surface area contributed by atoms with E-state index in [0.29, 0.717) is 0 Å².